The summed E-state index contributed by atoms with van der Waals surface area (Å²) in [7, 11) is 0. The van der Waals surface area contributed by atoms with Crippen LogP contribution in [0.3, 0.4) is 0 Å². The lowest BCUT2D eigenvalue weighted by molar-refractivity contribution is 0.462. The molecule has 1 heterocycles. The van der Waals surface area contributed by atoms with Crippen molar-refractivity contribution in [2.24, 2.45) is 0 Å². The Morgan fingerprint density at radius 1 is 1.05 bits per heavy atom. The van der Waals surface area contributed by atoms with Gasteiger partial charge in [-0.05, 0) is 31.0 Å². The van der Waals surface area contributed by atoms with Gasteiger partial charge < -0.3 is 10.6 Å². The topological polar surface area (TPSA) is 73.6 Å². The van der Waals surface area contributed by atoms with Gasteiger partial charge in [0, 0.05) is 17.8 Å². The van der Waals surface area contributed by atoms with Gasteiger partial charge >= 0.3 is 0 Å². The Labute approximate surface area is 130 Å². The summed E-state index contributed by atoms with van der Waals surface area (Å²) in [6, 6.07) is 11.9. The van der Waals surface area contributed by atoms with E-state index in [1.165, 1.54) is 32.1 Å². The molecule has 3 rings (SSSR count). The average molecular weight is 293 g/mol. The van der Waals surface area contributed by atoms with Crippen molar-refractivity contribution in [3.8, 4) is 6.07 Å². The van der Waals surface area contributed by atoms with Gasteiger partial charge in [0.2, 0.25) is 0 Å². The van der Waals surface area contributed by atoms with Crippen molar-refractivity contribution in [2.75, 3.05) is 10.6 Å². The van der Waals surface area contributed by atoms with Crippen molar-refractivity contribution < 1.29 is 0 Å². The summed E-state index contributed by atoms with van der Waals surface area (Å²) in [6.07, 6.45) is 7.88. The highest BCUT2D eigenvalue weighted by atomic mass is 15.1. The zero-order valence-corrected chi connectivity index (χ0v) is 12.4. The molecule has 0 spiro atoms. The number of nitriles is 1. The number of hydrogen-bond acceptors (Lipinski definition) is 5. The van der Waals surface area contributed by atoms with Crippen LogP contribution in [0.15, 0.2) is 36.7 Å². The molecule has 5 nitrogen and oxygen atoms in total. The lowest BCUT2D eigenvalue weighted by Gasteiger charge is -2.23. The molecule has 0 amide bonds. The van der Waals surface area contributed by atoms with Gasteiger partial charge in [-0.25, -0.2) is 9.97 Å². The molecular weight excluding hydrogens is 274 g/mol. The van der Waals surface area contributed by atoms with E-state index >= 15 is 0 Å². The van der Waals surface area contributed by atoms with Crippen LogP contribution in [-0.2, 0) is 0 Å². The first-order valence-corrected chi connectivity index (χ1v) is 7.69. The normalized spacial score (nSPS) is 15.0. The van der Waals surface area contributed by atoms with Gasteiger partial charge in [0.1, 0.15) is 18.0 Å². The summed E-state index contributed by atoms with van der Waals surface area (Å²) in [5, 5.41) is 15.6. The third-order valence-electron chi connectivity index (χ3n) is 3.89. The summed E-state index contributed by atoms with van der Waals surface area (Å²) < 4.78 is 0. The maximum atomic E-state index is 8.94. The Balaban J connectivity index is 1.69. The Hall–Kier alpha value is -2.61. The second-order valence-electron chi connectivity index (χ2n) is 5.59. The van der Waals surface area contributed by atoms with Gasteiger partial charge in [0.05, 0.1) is 11.6 Å². The van der Waals surface area contributed by atoms with Crippen molar-refractivity contribution in [1.82, 2.24) is 9.97 Å². The SMILES string of the molecule is N#Cc1cccc(Nc2cc(NC3CCCCC3)ncn2)c1. The summed E-state index contributed by atoms with van der Waals surface area (Å²) >= 11 is 0. The Bertz CT molecular complexity index is 671. The second-order valence-corrected chi connectivity index (χ2v) is 5.59. The standard InChI is InChI=1S/C17H19N5/c18-11-13-5-4-8-15(9-13)22-17-10-16(19-12-20-17)21-14-6-2-1-3-7-14/h4-5,8-10,12,14H,1-3,6-7H2,(H2,19,20,21,22). The van der Waals surface area contributed by atoms with Crippen molar-refractivity contribution >= 4 is 17.3 Å². The van der Waals surface area contributed by atoms with E-state index in [2.05, 4.69) is 26.7 Å². The summed E-state index contributed by atoms with van der Waals surface area (Å²) in [5.41, 5.74) is 1.47. The first-order chi connectivity index (χ1) is 10.8. The zero-order chi connectivity index (χ0) is 15.2. The minimum atomic E-state index is 0.512. The highest BCUT2D eigenvalue weighted by Gasteiger charge is 2.13. The molecule has 1 aliphatic rings. The number of benzene rings is 1. The first kappa shape index (κ1) is 14.3. The molecule has 112 valence electrons. The van der Waals surface area contributed by atoms with Crippen LogP contribution in [0.4, 0.5) is 17.3 Å². The maximum absolute atomic E-state index is 8.94. The fourth-order valence-electron chi connectivity index (χ4n) is 2.78. The zero-order valence-electron chi connectivity index (χ0n) is 12.4. The van der Waals surface area contributed by atoms with E-state index in [0.29, 0.717) is 11.6 Å². The Kier molecular flexibility index (Phi) is 4.50. The second kappa shape index (κ2) is 6.90. The van der Waals surface area contributed by atoms with Crippen molar-refractivity contribution in [1.29, 1.82) is 5.26 Å². The molecule has 0 radical (unpaired) electrons. The number of nitrogens with one attached hydrogen (secondary N) is 2. The molecule has 1 aromatic carbocycles. The van der Waals surface area contributed by atoms with Crippen molar-refractivity contribution in [3.63, 3.8) is 0 Å². The minimum Gasteiger partial charge on any atom is -0.367 e. The number of aromatic nitrogens is 2. The monoisotopic (exact) mass is 293 g/mol. The molecular formula is C17H19N5. The number of rotatable bonds is 4. The largest absolute Gasteiger partial charge is 0.367 e. The van der Waals surface area contributed by atoms with Crippen LogP contribution in [-0.4, -0.2) is 16.0 Å². The van der Waals surface area contributed by atoms with Crippen LogP contribution >= 0.6 is 0 Å². The Morgan fingerprint density at radius 3 is 2.68 bits per heavy atom. The molecule has 0 saturated heterocycles. The van der Waals surface area contributed by atoms with Crippen LogP contribution in [0.25, 0.3) is 0 Å². The van der Waals surface area contributed by atoms with Crippen LogP contribution < -0.4 is 10.6 Å². The molecule has 0 bridgehead atoms. The highest BCUT2D eigenvalue weighted by Crippen LogP contribution is 2.22. The average Bonchev–Trinajstić information content (AvgIpc) is 2.56. The smallest absolute Gasteiger partial charge is 0.135 e. The highest BCUT2D eigenvalue weighted by molar-refractivity contribution is 5.60. The van der Waals surface area contributed by atoms with Crippen LogP contribution in [0.5, 0.6) is 0 Å². The molecule has 0 aliphatic heterocycles. The molecule has 2 N–H and O–H groups in total. The van der Waals surface area contributed by atoms with Gasteiger partial charge in [-0.2, -0.15) is 5.26 Å². The van der Waals surface area contributed by atoms with E-state index in [9.17, 15) is 0 Å². The van der Waals surface area contributed by atoms with E-state index in [-0.39, 0.29) is 0 Å². The molecule has 1 aromatic heterocycles. The molecule has 1 aliphatic carbocycles. The molecule has 22 heavy (non-hydrogen) atoms. The molecule has 2 aromatic rings. The fourth-order valence-corrected chi connectivity index (χ4v) is 2.78. The van der Waals surface area contributed by atoms with E-state index in [0.717, 1.165) is 17.3 Å². The van der Waals surface area contributed by atoms with Gasteiger partial charge in [-0.3, -0.25) is 0 Å². The minimum absolute atomic E-state index is 0.512. The third kappa shape index (κ3) is 3.73. The fraction of sp³-hybridized carbons (Fsp3) is 0.353. The lowest BCUT2D eigenvalue weighted by Crippen LogP contribution is -2.22. The maximum Gasteiger partial charge on any atom is 0.135 e. The summed E-state index contributed by atoms with van der Waals surface area (Å²) in [4.78, 5) is 8.53. The van der Waals surface area contributed by atoms with Crippen molar-refractivity contribution in [3.05, 3.63) is 42.2 Å². The molecule has 0 atom stereocenters. The van der Waals surface area contributed by atoms with E-state index in [1.807, 2.05) is 18.2 Å². The lowest BCUT2D eigenvalue weighted by atomic mass is 9.95. The summed E-state index contributed by atoms with van der Waals surface area (Å²) in [6.45, 7) is 0. The predicted octanol–water partition coefficient (Wildman–Crippen LogP) is 3.84. The summed E-state index contributed by atoms with van der Waals surface area (Å²) in [5.74, 6) is 1.57. The van der Waals surface area contributed by atoms with Crippen LogP contribution in [0.2, 0.25) is 0 Å². The predicted molar refractivity (Wildman–Crippen MR) is 87.0 cm³/mol. The quantitative estimate of drug-likeness (QED) is 0.896. The number of nitrogens with zero attached hydrogens (tertiary/aromatic N) is 3. The molecule has 5 heteroatoms. The van der Waals surface area contributed by atoms with E-state index < -0.39 is 0 Å². The van der Waals surface area contributed by atoms with Gasteiger partial charge in [-0.15, -0.1) is 0 Å². The Morgan fingerprint density at radius 2 is 1.86 bits per heavy atom. The number of anilines is 3. The van der Waals surface area contributed by atoms with E-state index in [1.54, 1.807) is 18.5 Å². The van der Waals surface area contributed by atoms with Gasteiger partial charge in [0.25, 0.3) is 0 Å². The van der Waals surface area contributed by atoms with Gasteiger partial charge in [-0.1, -0.05) is 25.3 Å². The van der Waals surface area contributed by atoms with E-state index in [4.69, 9.17) is 5.26 Å². The van der Waals surface area contributed by atoms with Crippen LogP contribution in [0.1, 0.15) is 37.7 Å². The van der Waals surface area contributed by atoms with Crippen LogP contribution in [0, 0.1) is 11.3 Å². The molecule has 1 saturated carbocycles. The third-order valence-corrected chi connectivity index (χ3v) is 3.89. The van der Waals surface area contributed by atoms with Crippen molar-refractivity contribution in [2.45, 2.75) is 38.1 Å². The first-order valence-electron chi connectivity index (χ1n) is 7.69. The van der Waals surface area contributed by atoms with Gasteiger partial charge in [0.15, 0.2) is 0 Å². The molecule has 1 fully saturated rings. The number of hydrogen-bond donors (Lipinski definition) is 2. The molecule has 0 unspecified atom stereocenters.